The van der Waals surface area contributed by atoms with E-state index in [-0.39, 0.29) is 6.09 Å². The van der Waals surface area contributed by atoms with Gasteiger partial charge in [0.05, 0.1) is 0 Å². The molecule has 0 fully saturated rings. The first-order valence-electron chi connectivity index (χ1n) is 5.91. The summed E-state index contributed by atoms with van der Waals surface area (Å²) in [5.74, 6) is 0.582. The molecule has 1 aliphatic rings. The average molecular weight is 239 g/mol. The number of rotatable bonds is 1. The van der Waals surface area contributed by atoms with E-state index in [4.69, 9.17) is 4.74 Å². The van der Waals surface area contributed by atoms with E-state index in [0.717, 1.165) is 0 Å². The highest BCUT2D eigenvalue weighted by atomic mass is 16.6. The summed E-state index contributed by atoms with van der Waals surface area (Å²) in [6.45, 7) is 1.25. The lowest BCUT2D eigenvalue weighted by Crippen LogP contribution is -2.28. The van der Waals surface area contributed by atoms with Crippen molar-refractivity contribution in [3.63, 3.8) is 0 Å². The first kappa shape index (κ1) is 10.8. The first-order chi connectivity index (χ1) is 8.83. The fourth-order valence-electron chi connectivity index (χ4n) is 2.12. The highest BCUT2D eigenvalue weighted by Crippen LogP contribution is 2.23. The van der Waals surface area contributed by atoms with Gasteiger partial charge in [0, 0.05) is 13.1 Å². The Morgan fingerprint density at radius 2 is 1.44 bits per heavy atom. The summed E-state index contributed by atoms with van der Waals surface area (Å²) in [6, 6.07) is 17.2. The molecule has 0 spiro atoms. The number of nitrogens with zero attached hydrogens (tertiary/aromatic N) is 1. The predicted octanol–water partition coefficient (Wildman–Crippen LogP) is 3.20. The van der Waals surface area contributed by atoms with Crippen LogP contribution in [0.4, 0.5) is 4.79 Å². The number of hydrogen-bond acceptors (Lipinski definition) is 2. The lowest BCUT2D eigenvalue weighted by atomic mass is 10.1. The first-order valence-corrected chi connectivity index (χ1v) is 5.91. The van der Waals surface area contributed by atoms with Gasteiger partial charge in [0.25, 0.3) is 0 Å². The van der Waals surface area contributed by atoms with Gasteiger partial charge in [-0.05, 0) is 23.3 Å². The lowest BCUT2D eigenvalue weighted by molar-refractivity contribution is 0.152. The largest absolute Gasteiger partial charge is 0.415 e. The van der Waals surface area contributed by atoms with E-state index in [1.165, 1.54) is 11.1 Å². The topological polar surface area (TPSA) is 29.5 Å². The maximum atomic E-state index is 12.0. The van der Waals surface area contributed by atoms with Gasteiger partial charge in [0.15, 0.2) is 0 Å². The van der Waals surface area contributed by atoms with Crippen LogP contribution >= 0.6 is 0 Å². The number of fused-ring (bicyclic) bond motifs is 1. The maximum absolute atomic E-state index is 12.0. The van der Waals surface area contributed by atoms with Crippen molar-refractivity contribution < 1.29 is 9.53 Å². The Labute approximate surface area is 106 Å². The summed E-state index contributed by atoms with van der Waals surface area (Å²) >= 11 is 0. The third kappa shape index (κ3) is 2.07. The van der Waals surface area contributed by atoms with Crippen LogP contribution in [-0.2, 0) is 13.1 Å². The van der Waals surface area contributed by atoms with Crippen molar-refractivity contribution in [2.75, 3.05) is 0 Å². The summed E-state index contributed by atoms with van der Waals surface area (Å²) in [4.78, 5) is 13.7. The molecule has 3 nitrogen and oxygen atoms in total. The van der Waals surface area contributed by atoms with E-state index in [0.29, 0.717) is 18.8 Å². The zero-order valence-corrected chi connectivity index (χ0v) is 9.87. The van der Waals surface area contributed by atoms with Gasteiger partial charge in [-0.1, -0.05) is 42.5 Å². The van der Waals surface area contributed by atoms with E-state index < -0.39 is 0 Å². The molecule has 0 aromatic heterocycles. The number of carbonyl (C=O) groups is 1. The Hall–Kier alpha value is -2.29. The van der Waals surface area contributed by atoms with Crippen LogP contribution in [0, 0.1) is 0 Å². The Balaban J connectivity index is 1.70. The highest BCUT2D eigenvalue weighted by Gasteiger charge is 2.24. The van der Waals surface area contributed by atoms with Crippen LogP contribution in [-0.4, -0.2) is 11.0 Å². The molecule has 2 aromatic rings. The molecule has 0 unspecified atom stereocenters. The number of para-hydroxylation sites is 1. The Morgan fingerprint density at radius 1 is 0.889 bits per heavy atom. The standard InChI is InChI=1S/C15H13NO2/c17-15(18-14-8-2-1-3-9-14)16-10-12-6-4-5-7-13(12)11-16/h1-9H,10-11H2. The molecule has 0 atom stereocenters. The van der Waals surface area contributed by atoms with Crippen molar-refractivity contribution >= 4 is 6.09 Å². The minimum absolute atomic E-state index is 0.294. The normalized spacial score (nSPS) is 13.2. The molecule has 0 radical (unpaired) electrons. The molecule has 90 valence electrons. The van der Waals surface area contributed by atoms with E-state index in [2.05, 4.69) is 0 Å². The van der Waals surface area contributed by atoms with Crippen LogP contribution in [0.25, 0.3) is 0 Å². The van der Waals surface area contributed by atoms with Gasteiger partial charge in [-0.15, -0.1) is 0 Å². The fraction of sp³-hybridized carbons (Fsp3) is 0.133. The summed E-state index contributed by atoms with van der Waals surface area (Å²) in [5.41, 5.74) is 2.39. The SMILES string of the molecule is O=C(Oc1ccccc1)N1Cc2ccccc2C1. The average Bonchev–Trinajstić information content (AvgIpc) is 2.84. The van der Waals surface area contributed by atoms with Crippen molar-refractivity contribution in [1.29, 1.82) is 0 Å². The van der Waals surface area contributed by atoms with Crippen LogP contribution in [0.2, 0.25) is 0 Å². The van der Waals surface area contributed by atoms with Crippen LogP contribution in [0.15, 0.2) is 54.6 Å². The van der Waals surface area contributed by atoms with Crippen molar-refractivity contribution in [3.8, 4) is 5.75 Å². The molecule has 0 bridgehead atoms. The maximum Gasteiger partial charge on any atom is 0.415 e. The van der Waals surface area contributed by atoms with Crippen LogP contribution < -0.4 is 4.74 Å². The zero-order valence-electron chi connectivity index (χ0n) is 9.87. The Bertz CT molecular complexity index is 541. The van der Waals surface area contributed by atoms with Crippen molar-refractivity contribution in [2.24, 2.45) is 0 Å². The molecular formula is C15H13NO2. The molecular weight excluding hydrogens is 226 g/mol. The highest BCUT2D eigenvalue weighted by molar-refractivity contribution is 5.71. The van der Waals surface area contributed by atoms with Crippen LogP contribution in [0.5, 0.6) is 5.75 Å². The van der Waals surface area contributed by atoms with Crippen molar-refractivity contribution in [3.05, 3.63) is 65.7 Å². The summed E-state index contributed by atoms with van der Waals surface area (Å²) in [5, 5.41) is 0. The lowest BCUT2D eigenvalue weighted by Gasteiger charge is -2.14. The quantitative estimate of drug-likeness (QED) is 0.764. The Kier molecular flexibility index (Phi) is 2.73. The predicted molar refractivity (Wildman–Crippen MR) is 68.2 cm³/mol. The number of ether oxygens (including phenoxy) is 1. The molecule has 0 saturated heterocycles. The summed E-state index contributed by atoms with van der Waals surface area (Å²) in [6.07, 6.45) is -0.294. The summed E-state index contributed by atoms with van der Waals surface area (Å²) < 4.78 is 5.32. The van der Waals surface area contributed by atoms with Gasteiger partial charge in [-0.2, -0.15) is 0 Å². The third-order valence-corrected chi connectivity index (χ3v) is 3.05. The monoisotopic (exact) mass is 239 g/mol. The number of benzene rings is 2. The van der Waals surface area contributed by atoms with Crippen LogP contribution in [0.3, 0.4) is 0 Å². The molecule has 3 rings (SSSR count). The van der Waals surface area contributed by atoms with Gasteiger partial charge in [0.2, 0.25) is 0 Å². The molecule has 1 amide bonds. The smallest absolute Gasteiger partial charge is 0.410 e. The minimum Gasteiger partial charge on any atom is -0.410 e. The second-order valence-electron chi connectivity index (χ2n) is 4.31. The molecule has 2 aromatic carbocycles. The molecule has 18 heavy (non-hydrogen) atoms. The van der Waals surface area contributed by atoms with E-state index >= 15 is 0 Å². The van der Waals surface area contributed by atoms with E-state index in [1.54, 1.807) is 17.0 Å². The molecule has 1 aliphatic heterocycles. The second kappa shape index (κ2) is 4.53. The van der Waals surface area contributed by atoms with Crippen LogP contribution in [0.1, 0.15) is 11.1 Å². The molecule has 1 heterocycles. The molecule has 0 saturated carbocycles. The fourth-order valence-corrected chi connectivity index (χ4v) is 2.12. The van der Waals surface area contributed by atoms with Gasteiger partial charge >= 0.3 is 6.09 Å². The zero-order chi connectivity index (χ0) is 12.4. The number of carbonyl (C=O) groups excluding carboxylic acids is 1. The van der Waals surface area contributed by atoms with Crippen molar-refractivity contribution in [2.45, 2.75) is 13.1 Å². The van der Waals surface area contributed by atoms with Gasteiger partial charge in [0.1, 0.15) is 5.75 Å². The molecule has 3 heteroatoms. The van der Waals surface area contributed by atoms with E-state index in [9.17, 15) is 4.79 Å². The third-order valence-electron chi connectivity index (χ3n) is 3.05. The second-order valence-corrected chi connectivity index (χ2v) is 4.31. The number of hydrogen-bond donors (Lipinski definition) is 0. The van der Waals surface area contributed by atoms with E-state index in [1.807, 2.05) is 42.5 Å². The summed E-state index contributed by atoms with van der Waals surface area (Å²) in [7, 11) is 0. The van der Waals surface area contributed by atoms with Gasteiger partial charge in [-0.25, -0.2) is 4.79 Å². The number of amides is 1. The van der Waals surface area contributed by atoms with Crippen molar-refractivity contribution in [1.82, 2.24) is 4.90 Å². The van der Waals surface area contributed by atoms with Gasteiger partial charge in [-0.3, -0.25) is 4.90 Å². The van der Waals surface area contributed by atoms with Gasteiger partial charge < -0.3 is 4.74 Å². The molecule has 0 N–H and O–H groups in total. The Morgan fingerprint density at radius 3 is 2.06 bits per heavy atom. The minimum atomic E-state index is -0.294. The molecule has 0 aliphatic carbocycles.